The number of hydrogen-bond acceptors (Lipinski definition) is 6. The maximum Gasteiger partial charge on any atom is 0.429 e. The Morgan fingerprint density at radius 1 is 1.17 bits per heavy atom. The summed E-state index contributed by atoms with van der Waals surface area (Å²) in [7, 11) is -4.11. The SMILES string of the molecule is Cc1ccc(S(=O)(=O)N2Cc3cc([N+](=O)[O-])ccc3OC2=O)cc1. The molecule has 0 aliphatic carbocycles. The molecule has 1 aliphatic heterocycles. The van der Waals surface area contributed by atoms with E-state index in [0.717, 1.165) is 5.56 Å². The van der Waals surface area contributed by atoms with Gasteiger partial charge in [0.15, 0.2) is 0 Å². The van der Waals surface area contributed by atoms with Gasteiger partial charge in [-0.15, -0.1) is 0 Å². The van der Waals surface area contributed by atoms with Crippen LogP contribution in [0, 0.1) is 17.0 Å². The Labute approximate surface area is 137 Å². The predicted octanol–water partition coefficient (Wildman–Crippen LogP) is 2.61. The van der Waals surface area contributed by atoms with Crippen molar-refractivity contribution in [3.05, 3.63) is 63.7 Å². The highest BCUT2D eigenvalue weighted by Gasteiger charge is 2.36. The maximum absolute atomic E-state index is 12.6. The van der Waals surface area contributed by atoms with Crippen molar-refractivity contribution in [2.24, 2.45) is 0 Å². The molecule has 1 aliphatic rings. The monoisotopic (exact) mass is 348 g/mol. The molecule has 124 valence electrons. The summed E-state index contributed by atoms with van der Waals surface area (Å²) in [5.74, 6) is 0.112. The third-order valence-corrected chi connectivity index (χ3v) is 5.31. The summed E-state index contributed by atoms with van der Waals surface area (Å²) in [6.45, 7) is 1.48. The second-order valence-corrected chi connectivity index (χ2v) is 7.10. The molecule has 0 fully saturated rings. The van der Waals surface area contributed by atoms with Crippen LogP contribution >= 0.6 is 0 Å². The van der Waals surface area contributed by atoms with Crippen LogP contribution in [0.5, 0.6) is 5.75 Å². The van der Waals surface area contributed by atoms with Crippen LogP contribution in [0.2, 0.25) is 0 Å². The number of nitro groups is 1. The highest BCUT2D eigenvalue weighted by molar-refractivity contribution is 7.89. The minimum Gasteiger partial charge on any atom is -0.409 e. The number of ether oxygens (including phenoxy) is 1. The Morgan fingerprint density at radius 3 is 2.46 bits per heavy atom. The van der Waals surface area contributed by atoms with Crippen molar-refractivity contribution in [2.45, 2.75) is 18.4 Å². The van der Waals surface area contributed by atoms with Crippen molar-refractivity contribution < 1.29 is 22.9 Å². The molecule has 8 nitrogen and oxygen atoms in total. The second kappa shape index (κ2) is 5.60. The van der Waals surface area contributed by atoms with Crippen LogP contribution in [0.4, 0.5) is 10.5 Å². The van der Waals surface area contributed by atoms with E-state index in [1.54, 1.807) is 19.1 Å². The number of sulfonamides is 1. The molecule has 9 heteroatoms. The van der Waals surface area contributed by atoms with Crippen molar-refractivity contribution in [3.63, 3.8) is 0 Å². The third-order valence-electron chi connectivity index (χ3n) is 3.58. The topological polar surface area (TPSA) is 107 Å². The van der Waals surface area contributed by atoms with Crippen molar-refractivity contribution in [1.82, 2.24) is 4.31 Å². The number of nitro benzene ring substituents is 1. The molecule has 2 aromatic rings. The number of aryl methyl sites for hydroxylation is 1. The molecule has 1 amide bonds. The number of fused-ring (bicyclic) bond motifs is 1. The fourth-order valence-corrected chi connectivity index (χ4v) is 3.56. The fraction of sp³-hybridized carbons (Fsp3) is 0.133. The highest BCUT2D eigenvalue weighted by Crippen LogP contribution is 2.32. The zero-order valence-electron chi connectivity index (χ0n) is 12.5. The van der Waals surface area contributed by atoms with Crippen LogP contribution in [-0.2, 0) is 16.6 Å². The van der Waals surface area contributed by atoms with E-state index in [1.807, 2.05) is 0 Å². The van der Waals surface area contributed by atoms with Crippen molar-refractivity contribution in [3.8, 4) is 5.75 Å². The van der Waals surface area contributed by atoms with Gasteiger partial charge in [0, 0.05) is 17.7 Å². The summed E-state index contributed by atoms with van der Waals surface area (Å²) < 4.78 is 30.8. The van der Waals surface area contributed by atoms with Gasteiger partial charge < -0.3 is 4.74 Å². The lowest BCUT2D eigenvalue weighted by molar-refractivity contribution is -0.385. The zero-order valence-corrected chi connectivity index (χ0v) is 13.3. The van der Waals surface area contributed by atoms with Gasteiger partial charge >= 0.3 is 6.09 Å². The van der Waals surface area contributed by atoms with Crippen LogP contribution in [0.3, 0.4) is 0 Å². The molecule has 2 aromatic carbocycles. The number of nitrogens with zero attached hydrogens (tertiary/aromatic N) is 2. The predicted molar refractivity (Wildman–Crippen MR) is 83.0 cm³/mol. The van der Waals surface area contributed by atoms with Gasteiger partial charge in [0.2, 0.25) is 0 Å². The summed E-state index contributed by atoms with van der Waals surface area (Å²) in [6, 6.07) is 9.67. The van der Waals surface area contributed by atoms with Gasteiger partial charge in [-0.1, -0.05) is 17.7 Å². The Bertz CT molecular complexity index is 937. The van der Waals surface area contributed by atoms with Crippen LogP contribution in [-0.4, -0.2) is 23.7 Å². The van der Waals surface area contributed by atoms with Crippen LogP contribution in [0.25, 0.3) is 0 Å². The van der Waals surface area contributed by atoms with Crippen molar-refractivity contribution in [1.29, 1.82) is 0 Å². The first-order chi connectivity index (χ1) is 11.3. The number of hydrogen-bond donors (Lipinski definition) is 0. The molecule has 0 spiro atoms. The average Bonchev–Trinajstić information content (AvgIpc) is 2.54. The van der Waals surface area contributed by atoms with Crippen LogP contribution < -0.4 is 4.74 Å². The lowest BCUT2D eigenvalue weighted by Crippen LogP contribution is -2.41. The van der Waals surface area contributed by atoms with Gasteiger partial charge in [0.25, 0.3) is 15.7 Å². The largest absolute Gasteiger partial charge is 0.429 e. The molecular formula is C15H12N2O6S. The highest BCUT2D eigenvalue weighted by atomic mass is 32.2. The summed E-state index contributed by atoms with van der Waals surface area (Å²) in [5, 5.41) is 10.8. The molecule has 0 aromatic heterocycles. The first-order valence-electron chi connectivity index (χ1n) is 6.87. The summed E-state index contributed by atoms with van der Waals surface area (Å²) >= 11 is 0. The Morgan fingerprint density at radius 2 is 1.83 bits per heavy atom. The lowest BCUT2D eigenvalue weighted by Gasteiger charge is -2.27. The molecule has 0 bridgehead atoms. The van der Waals surface area contributed by atoms with E-state index in [1.165, 1.54) is 30.3 Å². The maximum atomic E-state index is 12.6. The number of carbonyl (C=O) groups excluding carboxylic acids is 1. The van der Waals surface area contributed by atoms with E-state index >= 15 is 0 Å². The third kappa shape index (κ3) is 2.69. The Hall–Kier alpha value is -2.94. The van der Waals surface area contributed by atoms with E-state index in [-0.39, 0.29) is 28.4 Å². The average molecular weight is 348 g/mol. The summed E-state index contributed by atoms with van der Waals surface area (Å²) in [6.07, 6.45) is -1.04. The molecule has 0 N–H and O–H groups in total. The van der Waals surface area contributed by atoms with Gasteiger partial charge in [0.1, 0.15) is 5.75 Å². The number of carbonyl (C=O) groups is 1. The molecular weight excluding hydrogens is 336 g/mol. The number of rotatable bonds is 3. The number of amides is 1. The molecule has 0 saturated heterocycles. The molecule has 0 unspecified atom stereocenters. The zero-order chi connectivity index (χ0) is 17.5. The second-order valence-electron chi connectivity index (χ2n) is 5.24. The molecule has 0 saturated carbocycles. The van der Waals surface area contributed by atoms with Crippen molar-refractivity contribution >= 4 is 21.8 Å². The normalized spacial score (nSPS) is 14.0. The van der Waals surface area contributed by atoms with Crippen molar-refractivity contribution in [2.75, 3.05) is 0 Å². The Kier molecular flexibility index (Phi) is 3.72. The first-order valence-corrected chi connectivity index (χ1v) is 8.31. The quantitative estimate of drug-likeness (QED) is 0.623. The van der Waals surface area contributed by atoms with Gasteiger partial charge in [-0.3, -0.25) is 10.1 Å². The minimum atomic E-state index is -4.11. The molecule has 24 heavy (non-hydrogen) atoms. The minimum absolute atomic E-state index is 0.0565. The van der Waals surface area contributed by atoms with E-state index in [4.69, 9.17) is 4.74 Å². The van der Waals surface area contributed by atoms with E-state index in [2.05, 4.69) is 0 Å². The van der Waals surface area contributed by atoms with Crippen LogP contribution in [0.15, 0.2) is 47.4 Å². The molecule has 1 heterocycles. The lowest BCUT2D eigenvalue weighted by atomic mass is 10.1. The Balaban J connectivity index is 2.00. The summed E-state index contributed by atoms with van der Waals surface area (Å²) in [4.78, 5) is 22.2. The first kappa shape index (κ1) is 15.9. The van der Waals surface area contributed by atoms with Gasteiger partial charge in [-0.05, 0) is 25.1 Å². The molecule has 3 rings (SSSR count). The summed E-state index contributed by atoms with van der Waals surface area (Å²) in [5.41, 5.74) is 0.912. The number of benzene rings is 2. The van der Waals surface area contributed by atoms with Gasteiger partial charge in [0.05, 0.1) is 16.4 Å². The number of non-ortho nitro benzene ring substituents is 1. The standard InChI is InChI=1S/C15H12N2O6S/c1-10-2-5-13(6-3-10)24(21,22)16-9-11-8-12(17(19)20)4-7-14(11)23-15(16)18/h2-8H,9H2,1H3. The van der Waals surface area contributed by atoms with E-state index < -0.39 is 21.0 Å². The fourth-order valence-electron chi connectivity index (χ4n) is 2.29. The van der Waals surface area contributed by atoms with E-state index in [0.29, 0.717) is 4.31 Å². The molecule has 0 atom stereocenters. The smallest absolute Gasteiger partial charge is 0.409 e. The van der Waals surface area contributed by atoms with E-state index in [9.17, 15) is 23.3 Å². The van der Waals surface area contributed by atoms with Gasteiger partial charge in [-0.2, -0.15) is 4.31 Å². The van der Waals surface area contributed by atoms with Crippen LogP contribution in [0.1, 0.15) is 11.1 Å². The molecule has 0 radical (unpaired) electrons. The van der Waals surface area contributed by atoms with Gasteiger partial charge in [-0.25, -0.2) is 13.2 Å².